The van der Waals surface area contributed by atoms with Crippen molar-refractivity contribution in [3.63, 3.8) is 0 Å². The second-order valence-corrected chi connectivity index (χ2v) is 5.10. The van der Waals surface area contributed by atoms with Gasteiger partial charge in [0.1, 0.15) is 0 Å². The minimum absolute atomic E-state index is 0. The first-order valence-electron chi connectivity index (χ1n) is 7.71. The van der Waals surface area contributed by atoms with Crippen LogP contribution in [-0.4, -0.2) is 23.1 Å². The van der Waals surface area contributed by atoms with E-state index in [1.54, 1.807) is 0 Å². The van der Waals surface area contributed by atoms with Gasteiger partial charge in [0, 0.05) is 0 Å². The van der Waals surface area contributed by atoms with Crippen LogP contribution in [0.25, 0.3) is 0 Å². The quantitative estimate of drug-likeness (QED) is 0.274. The topological polar surface area (TPSA) is 0 Å². The van der Waals surface area contributed by atoms with Crippen molar-refractivity contribution in [1.29, 1.82) is 0 Å². The monoisotopic (exact) mass is 268 g/mol. The molecular weight excluding hydrogens is 235 g/mol. The van der Waals surface area contributed by atoms with Crippen LogP contribution in [0.1, 0.15) is 96.8 Å². The fourth-order valence-electron chi connectivity index (χ4n) is 2.19. The van der Waals surface area contributed by atoms with Crippen LogP contribution in [0.2, 0.25) is 0 Å². The van der Waals surface area contributed by atoms with Gasteiger partial charge < -0.3 is 11.6 Å². The summed E-state index contributed by atoms with van der Waals surface area (Å²) in [7, 11) is 0. The normalized spacial score (nSPS) is 9.67. The van der Waals surface area contributed by atoms with Crippen LogP contribution >= 0.6 is 0 Å². The zero-order valence-corrected chi connectivity index (χ0v) is 14.1. The first kappa shape index (κ1) is 23.8. The molecule has 0 aromatic carbocycles. The summed E-state index contributed by atoms with van der Waals surface area (Å²) in [6.07, 6.45) is 19.8. The van der Waals surface area contributed by atoms with Crippen molar-refractivity contribution < 1.29 is 4.70 Å². The van der Waals surface area contributed by atoms with Crippen molar-refractivity contribution >= 4 is 23.1 Å². The van der Waals surface area contributed by atoms with E-state index in [1.807, 2.05) is 0 Å². The van der Waals surface area contributed by atoms with Gasteiger partial charge in [-0.25, -0.2) is 0 Å². The molecule has 0 saturated carbocycles. The van der Waals surface area contributed by atoms with Crippen molar-refractivity contribution in [2.24, 2.45) is 0 Å². The van der Waals surface area contributed by atoms with Gasteiger partial charge in [0.2, 0.25) is 0 Å². The maximum atomic E-state index is 3.87. The molecule has 0 N–H and O–H groups in total. The fraction of sp³-hybridized carbons (Fsp3) is 0.938. The average Bonchev–Trinajstić information content (AvgIpc) is 2.31. The van der Waals surface area contributed by atoms with Crippen molar-refractivity contribution in [3.8, 4) is 0 Å². The average molecular weight is 269 g/mol. The molecule has 0 nitrogen and oxygen atoms in total. The molecule has 0 unspecified atom stereocenters. The van der Waals surface area contributed by atoms with Crippen LogP contribution in [-0.2, 0) is 0 Å². The fourth-order valence-corrected chi connectivity index (χ4v) is 2.19. The third-order valence-electron chi connectivity index (χ3n) is 3.35. The first-order valence-corrected chi connectivity index (χ1v) is 7.71. The molecule has 2 heteroatoms. The molecule has 0 atom stereocenters. The van der Waals surface area contributed by atoms with Gasteiger partial charge in [0.05, 0.1) is 0 Å². The molecule has 0 amide bonds. The Morgan fingerprint density at radius 3 is 1.11 bits per heavy atom. The summed E-state index contributed by atoms with van der Waals surface area (Å²) >= 11 is 0. The molecule has 0 rings (SSSR count). The van der Waals surface area contributed by atoms with Gasteiger partial charge in [-0.15, -0.1) is 0 Å². The van der Waals surface area contributed by atoms with Gasteiger partial charge in [-0.1, -0.05) is 90.4 Å². The van der Waals surface area contributed by atoms with Crippen LogP contribution in [0.5, 0.6) is 0 Å². The second-order valence-electron chi connectivity index (χ2n) is 5.10. The van der Waals surface area contributed by atoms with Crippen molar-refractivity contribution in [2.75, 3.05) is 0 Å². The summed E-state index contributed by atoms with van der Waals surface area (Å²) in [6, 6.07) is 0. The van der Waals surface area contributed by atoms with Gasteiger partial charge >= 0.3 is 23.1 Å². The van der Waals surface area contributed by atoms with Gasteiger partial charge in [-0.05, 0) is 0 Å². The Morgan fingerprint density at radius 2 is 0.833 bits per heavy atom. The molecule has 106 valence electrons. The summed E-state index contributed by atoms with van der Waals surface area (Å²) in [4.78, 5) is 0. The number of hydrogen-bond acceptors (Lipinski definition) is 0. The van der Waals surface area contributed by atoms with E-state index in [9.17, 15) is 0 Å². The Kier molecular flexibility index (Phi) is 30.2. The van der Waals surface area contributed by atoms with Crippen molar-refractivity contribution in [1.82, 2.24) is 0 Å². The summed E-state index contributed by atoms with van der Waals surface area (Å²) in [5, 5.41) is 0. The minimum atomic E-state index is 0. The largest absolute Gasteiger partial charge is 2.00 e. The van der Waals surface area contributed by atoms with Crippen LogP contribution in [0.4, 0.5) is 0 Å². The van der Waals surface area contributed by atoms with Crippen LogP contribution in [0, 0.1) is 6.92 Å². The van der Waals surface area contributed by atoms with Gasteiger partial charge in [-0.2, -0.15) is 6.42 Å². The Morgan fingerprint density at radius 1 is 0.556 bits per heavy atom. The number of rotatable bonds is 13. The zero-order valence-electron chi connectivity index (χ0n) is 12.7. The summed E-state index contributed by atoms with van der Waals surface area (Å²) in [6.45, 7) is 6.16. The number of halogens is 1. The molecule has 0 fully saturated rings. The van der Waals surface area contributed by atoms with Crippen LogP contribution in [0.15, 0.2) is 0 Å². The first-order chi connectivity index (χ1) is 7.91. The Bertz CT molecular complexity index is 104. The van der Waals surface area contributed by atoms with Crippen LogP contribution in [0.3, 0.4) is 0 Å². The van der Waals surface area contributed by atoms with E-state index in [0.29, 0.717) is 0 Å². The van der Waals surface area contributed by atoms with Gasteiger partial charge in [0.15, 0.2) is 0 Å². The molecule has 0 aliphatic heterocycles. The van der Waals surface area contributed by atoms with Crippen LogP contribution < -0.4 is 4.70 Å². The van der Waals surface area contributed by atoms with Gasteiger partial charge in [-0.3, -0.25) is 0 Å². The van der Waals surface area contributed by atoms with E-state index in [0.717, 1.165) is 6.42 Å². The summed E-state index contributed by atoms with van der Waals surface area (Å²) < 4.78 is 0. The Labute approximate surface area is 131 Å². The summed E-state index contributed by atoms with van der Waals surface area (Å²) in [5.41, 5.74) is 0. The molecule has 0 saturated heterocycles. The SMILES string of the molecule is [CH2-]CCCCCCCCCCCCCCC.[F-].[Mg+2]. The third-order valence-corrected chi connectivity index (χ3v) is 3.35. The second kappa shape index (κ2) is 22.8. The molecule has 0 aromatic heterocycles. The molecule has 0 bridgehead atoms. The Balaban J connectivity index is -0.00000112. The maximum absolute atomic E-state index is 3.87. The zero-order chi connectivity index (χ0) is 11.9. The predicted octanol–water partition coefficient (Wildman–Crippen LogP) is 2.92. The van der Waals surface area contributed by atoms with E-state index in [-0.39, 0.29) is 27.8 Å². The molecule has 0 aromatic rings. The van der Waals surface area contributed by atoms with E-state index in [4.69, 9.17) is 0 Å². The van der Waals surface area contributed by atoms with E-state index >= 15 is 0 Å². The minimum Gasteiger partial charge on any atom is -1.00 e. The molecule has 0 aliphatic rings. The van der Waals surface area contributed by atoms with E-state index in [1.165, 1.54) is 83.5 Å². The van der Waals surface area contributed by atoms with Gasteiger partial charge in [0.25, 0.3) is 0 Å². The van der Waals surface area contributed by atoms with Crippen molar-refractivity contribution in [3.05, 3.63) is 6.92 Å². The molecular formula is C16H33FMg. The van der Waals surface area contributed by atoms with Crippen molar-refractivity contribution in [2.45, 2.75) is 96.8 Å². The predicted molar refractivity (Wildman–Crippen MR) is 81.4 cm³/mol. The van der Waals surface area contributed by atoms with E-state index < -0.39 is 0 Å². The number of hydrogen-bond donors (Lipinski definition) is 0. The maximum Gasteiger partial charge on any atom is 2.00 e. The smallest absolute Gasteiger partial charge is 1.00 e. The molecule has 0 spiro atoms. The standard InChI is InChI=1S/C16H33.FH.Mg/c1-3-5-7-9-11-13-15-16-14-12-10-8-6-4-2;;/h1,3-16H2,2H3;1H;/q-1;;+2/p-1. The third kappa shape index (κ3) is 21.9. The summed E-state index contributed by atoms with van der Waals surface area (Å²) in [5.74, 6) is 0. The number of unbranched alkanes of at least 4 members (excludes halogenated alkanes) is 13. The van der Waals surface area contributed by atoms with E-state index in [2.05, 4.69) is 13.8 Å². The molecule has 0 heterocycles. The molecule has 0 aliphatic carbocycles. The molecule has 18 heavy (non-hydrogen) atoms. The molecule has 0 radical (unpaired) electrons. The Hall–Kier alpha value is 0.696.